The molecule has 1 N–H and O–H groups in total. The van der Waals surface area contributed by atoms with Crippen LogP contribution in [0.25, 0.3) is 0 Å². The molecule has 27 heavy (non-hydrogen) atoms. The van der Waals surface area contributed by atoms with Gasteiger partial charge in [-0.2, -0.15) is 0 Å². The molecule has 1 aliphatic heterocycles. The van der Waals surface area contributed by atoms with Crippen LogP contribution in [0.3, 0.4) is 0 Å². The van der Waals surface area contributed by atoms with Gasteiger partial charge in [-0.1, -0.05) is 19.1 Å². The van der Waals surface area contributed by atoms with E-state index in [1.807, 2.05) is 27.1 Å². The summed E-state index contributed by atoms with van der Waals surface area (Å²) in [5.41, 5.74) is 2.30. The SMILES string of the molecule is CCc1ccc(S(=O)(=O)NCC(c2ccc(N(C)C)cc2)N2CCCC2)s1. The lowest BCUT2D eigenvalue weighted by Crippen LogP contribution is -2.36. The number of anilines is 1. The van der Waals surface area contributed by atoms with Gasteiger partial charge in [0.15, 0.2) is 0 Å². The molecule has 0 bridgehead atoms. The maximum Gasteiger partial charge on any atom is 0.250 e. The fourth-order valence-electron chi connectivity index (χ4n) is 3.46. The van der Waals surface area contributed by atoms with Crippen molar-refractivity contribution in [3.05, 3.63) is 46.8 Å². The zero-order valence-corrected chi connectivity index (χ0v) is 17.9. The van der Waals surface area contributed by atoms with E-state index in [0.717, 1.165) is 35.6 Å². The Balaban J connectivity index is 1.77. The summed E-state index contributed by atoms with van der Waals surface area (Å²) in [5, 5.41) is 0. The maximum atomic E-state index is 12.7. The largest absolute Gasteiger partial charge is 0.378 e. The van der Waals surface area contributed by atoms with Crippen LogP contribution in [0.4, 0.5) is 5.69 Å². The number of nitrogens with zero attached hydrogens (tertiary/aromatic N) is 2. The van der Waals surface area contributed by atoms with Crippen molar-refractivity contribution in [3.8, 4) is 0 Å². The number of hydrogen-bond acceptors (Lipinski definition) is 5. The lowest BCUT2D eigenvalue weighted by molar-refractivity contribution is 0.246. The summed E-state index contributed by atoms with van der Waals surface area (Å²) in [6, 6.07) is 12.1. The van der Waals surface area contributed by atoms with E-state index >= 15 is 0 Å². The molecule has 1 fully saturated rings. The average molecular weight is 408 g/mol. The van der Waals surface area contributed by atoms with E-state index in [2.05, 4.69) is 38.8 Å². The molecule has 0 spiro atoms. The van der Waals surface area contributed by atoms with E-state index in [-0.39, 0.29) is 6.04 Å². The molecule has 0 amide bonds. The Labute approximate surface area is 167 Å². The number of benzene rings is 1. The van der Waals surface area contributed by atoms with E-state index in [0.29, 0.717) is 10.8 Å². The van der Waals surface area contributed by atoms with Gasteiger partial charge in [-0.25, -0.2) is 13.1 Å². The molecular formula is C20H29N3O2S2. The van der Waals surface area contributed by atoms with Crippen molar-refractivity contribution in [1.29, 1.82) is 0 Å². The molecular weight excluding hydrogens is 378 g/mol. The first kappa shape index (κ1) is 20.3. The van der Waals surface area contributed by atoms with Gasteiger partial charge in [0.2, 0.25) is 10.0 Å². The number of thiophene rings is 1. The zero-order valence-electron chi connectivity index (χ0n) is 16.3. The van der Waals surface area contributed by atoms with Crippen molar-refractivity contribution >= 4 is 27.0 Å². The highest BCUT2D eigenvalue weighted by Gasteiger charge is 2.26. The van der Waals surface area contributed by atoms with Crippen LogP contribution >= 0.6 is 11.3 Å². The summed E-state index contributed by atoms with van der Waals surface area (Å²) in [5.74, 6) is 0. The van der Waals surface area contributed by atoms with Crippen molar-refractivity contribution in [2.24, 2.45) is 0 Å². The lowest BCUT2D eigenvalue weighted by atomic mass is 10.1. The summed E-state index contributed by atoms with van der Waals surface area (Å²) >= 11 is 1.36. The van der Waals surface area contributed by atoms with E-state index in [1.165, 1.54) is 24.2 Å². The standard InChI is InChI=1S/C20H29N3O2S2/c1-4-18-11-12-20(26-18)27(24,25)21-15-19(23-13-5-6-14-23)16-7-9-17(10-8-16)22(2)3/h7-12,19,21H,4-6,13-15H2,1-3H3. The second-order valence-corrected chi connectivity index (χ2v) is 10.3. The van der Waals surface area contributed by atoms with Crippen LogP contribution in [0.15, 0.2) is 40.6 Å². The number of hydrogen-bond donors (Lipinski definition) is 1. The predicted octanol–water partition coefficient (Wildman–Crippen LogP) is 3.49. The fraction of sp³-hybridized carbons (Fsp3) is 0.500. The van der Waals surface area contributed by atoms with Gasteiger partial charge >= 0.3 is 0 Å². The van der Waals surface area contributed by atoms with Crippen molar-refractivity contribution in [2.75, 3.05) is 38.6 Å². The van der Waals surface area contributed by atoms with Crippen molar-refractivity contribution in [3.63, 3.8) is 0 Å². The van der Waals surface area contributed by atoms with E-state index in [1.54, 1.807) is 6.07 Å². The molecule has 1 atom stereocenters. The van der Waals surface area contributed by atoms with Gasteiger partial charge in [-0.3, -0.25) is 4.90 Å². The van der Waals surface area contributed by atoms with E-state index in [9.17, 15) is 8.42 Å². The maximum absolute atomic E-state index is 12.7. The predicted molar refractivity (Wildman–Crippen MR) is 113 cm³/mol. The molecule has 0 saturated carbocycles. The Morgan fingerprint density at radius 1 is 1.11 bits per heavy atom. The van der Waals surface area contributed by atoms with Crippen LogP contribution in [-0.2, 0) is 16.4 Å². The number of aryl methyl sites for hydroxylation is 1. The topological polar surface area (TPSA) is 52.7 Å². The first-order valence-corrected chi connectivity index (χ1v) is 11.8. The summed E-state index contributed by atoms with van der Waals surface area (Å²) in [7, 11) is 0.571. The fourth-order valence-corrected chi connectivity index (χ4v) is 5.84. The number of rotatable bonds is 8. The third-order valence-electron chi connectivity index (χ3n) is 5.09. The van der Waals surface area contributed by atoms with Crippen LogP contribution in [0, 0.1) is 0 Å². The molecule has 1 aromatic heterocycles. The molecule has 5 nitrogen and oxygen atoms in total. The molecule has 1 aromatic carbocycles. The Morgan fingerprint density at radius 2 is 1.78 bits per heavy atom. The van der Waals surface area contributed by atoms with Crippen LogP contribution in [0.2, 0.25) is 0 Å². The number of nitrogens with one attached hydrogen (secondary N) is 1. The summed E-state index contributed by atoms with van der Waals surface area (Å²) in [4.78, 5) is 5.55. The zero-order chi connectivity index (χ0) is 19.4. The molecule has 7 heteroatoms. The van der Waals surface area contributed by atoms with Gasteiger partial charge in [-0.05, 0) is 62.2 Å². The monoisotopic (exact) mass is 407 g/mol. The van der Waals surface area contributed by atoms with Gasteiger partial charge in [0.1, 0.15) is 4.21 Å². The first-order chi connectivity index (χ1) is 12.9. The molecule has 2 aromatic rings. The van der Waals surface area contributed by atoms with Crippen LogP contribution in [-0.4, -0.2) is 47.0 Å². The second-order valence-electron chi connectivity index (χ2n) is 7.17. The van der Waals surface area contributed by atoms with Crippen molar-refractivity contribution in [2.45, 2.75) is 36.4 Å². The molecule has 0 radical (unpaired) electrons. The minimum Gasteiger partial charge on any atom is -0.378 e. The molecule has 2 heterocycles. The van der Waals surface area contributed by atoms with Crippen LogP contribution in [0.5, 0.6) is 0 Å². The molecule has 3 rings (SSSR count). The highest BCUT2D eigenvalue weighted by molar-refractivity contribution is 7.91. The number of likely N-dealkylation sites (tertiary alicyclic amines) is 1. The normalized spacial score (nSPS) is 16.6. The molecule has 1 unspecified atom stereocenters. The van der Waals surface area contributed by atoms with Crippen LogP contribution < -0.4 is 9.62 Å². The Bertz CT molecular complexity index is 838. The van der Waals surface area contributed by atoms with E-state index in [4.69, 9.17) is 0 Å². The summed E-state index contributed by atoms with van der Waals surface area (Å²) < 4.78 is 28.7. The van der Waals surface area contributed by atoms with Gasteiger partial charge in [0.05, 0.1) is 0 Å². The van der Waals surface area contributed by atoms with Gasteiger partial charge < -0.3 is 4.90 Å². The second kappa shape index (κ2) is 8.73. The van der Waals surface area contributed by atoms with Gasteiger partial charge in [0, 0.05) is 37.2 Å². The number of sulfonamides is 1. The molecule has 1 saturated heterocycles. The smallest absolute Gasteiger partial charge is 0.250 e. The third-order valence-corrected chi connectivity index (χ3v) is 8.24. The average Bonchev–Trinajstić information content (AvgIpc) is 3.34. The lowest BCUT2D eigenvalue weighted by Gasteiger charge is -2.28. The molecule has 0 aliphatic carbocycles. The third kappa shape index (κ3) is 4.90. The molecule has 148 valence electrons. The van der Waals surface area contributed by atoms with E-state index < -0.39 is 10.0 Å². The van der Waals surface area contributed by atoms with Gasteiger partial charge in [0.25, 0.3) is 0 Å². The summed E-state index contributed by atoms with van der Waals surface area (Å²) in [6.45, 7) is 4.46. The quantitative estimate of drug-likeness (QED) is 0.728. The highest BCUT2D eigenvalue weighted by atomic mass is 32.2. The molecule has 1 aliphatic rings. The minimum absolute atomic E-state index is 0.0593. The summed E-state index contributed by atoms with van der Waals surface area (Å²) in [6.07, 6.45) is 3.20. The minimum atomic E-state index is -3.47. The Kier molecular flexibility index (Phi) is 6.57. The first-order valence-electron chi connectivity index (χ1n) is 9.50. The Morgan fingerprint density at radius 3 is 2.33 bits per heavy atom. The highest BCUT2D eigenvalue weighted by Crippen LogP contribution is 2.27. The van der Waals surface area contributed by atoms with Gasteiger partial charge in [-0.15, -0.1) is 11.3 Å². The Hall–Kier alpha value is -1.41. The van der Waals surface area contributed by atoms with Crippen LogP contribution in [0.1, 0.15) is 36.2 Å². The van der Waals surface area contributed by atoms with Crippen molar-refractivity contribution in [1.82, 2.24) is 9.62 Å². The van der Waals surface area contributed by atoms with Crippen molar-refractivity contribution < 1.29 is 8.42 Å².